The molecule has 6 nitrogen and oxygen atoms in total. The number of rotatable bonds is 2. The molecule has 1 aromatic carbocycles. The molecule has 1 N–H and O–H groups in total. The minimum atomic E-state index is -2.87. The lowest BCUT2D eigenvalue weighted by atomic mass is 10.1. The summed E-state index contributed by atoms with van der Waals surface area (Å²) in [7, 11) is -2.87. The van der Waals surface area contributed by atoms with Gasteiger partial charge in [-0.25, -0.2) is 8.42 Å². The molecule has 0 atom stereocenters. The van der Waals surface area contributed by atoms with Gasteiger partial charge in [0, 0.05) is 50.5 Å². The van der Waals surface area contributed by atoms with Crippen molar-refractivity contribution >= 4 is 21.4 Å². The van der Waals surface area contributed by atoms with Crippen molar-refractivity contribution in [3.05, 3.63) is 29.8 Å². The average molecular weight is 323 g/mol. The first-order valence-electron chi connectivity index (χ1n) is 7.61. The Hall–Kier alpha value is -1.60. The first-order valence-corrected chi connectivity index (χ1v) is 9.43. The molecule has 2 fully saturated rings. The molecule has 1 aromatic rings. The van der Waals surface area contributed by atoms with E-state index in [1.165, 1.54) is 0 Å². The summed E-state index contributed by atoms with van der Waals surface area (Å²) in [6, 6.07) is 7.49. The van der Waals surface area contributed by atoms with Crippen LogP contribution in [0.3, 0.4) is 0 Å². The Balaban J connectivity index is 1.66. The maximum atomic E-state index is 12.4. The second-order valence-corrected chi connectivity index (χ2v) is 8.03. The Morgan fingerprint density at radius 3 is 2.14 bits per heavy atom. The van der Waals surface area contributed by atoms with E-state index in [2.05, 4.69) is 10.2 Å². The summed E-state index contributed by atoms with van der Waals surface area (Å²) >= 11 is 0. The van der Waals surface area contributed by atoms with Gasteiger partial charge >= 0.3 is 0 Å². The van der Waals surface area contributed by atoms with Gasteiger partial charge in [-0.1, -0.05) is 0 Å². The van der Waals surface area contributed by atoms with Gasteiger partial charge < -0.3 is 15.1 Å². The van der Waals surface area contributed by atoms with Crippen LogP contribution in [0.5, 0.6) is 0 Å². The molecule has 0 aliphatic carbocycles. The van der Waals surface area contributed by atoms with Crippen molar-refractivity contribution in [3.63, 3.8) is 0 Å². The molecule has 120 valence electrons. The lowest BCUT2D eigenvalue weighted by Crippen LogP contribution is -2.46. The Kier molecular flexibility index (Phi) is 4.35. The van der Waals surface area contributed by atoms with E-state index in [0.717, 1.165) is 31.9 Å². The molecule has 0 bridgehead atoms. The average Bonchev–Trinajstić information content (AvgIpc) is 2.55. The van der Waals surface area contributed by atoms with E-state index in [1.54, 1.807) is 0 Å². The summed E-state index contributed by atoms with van der Waals surface area (Å²) in [6.45, 7) is 4.20. The molecular formula is C15H21N3O3S. The molecule has 0 spiro atoms. The number of benzene rings is 1. The smallest absolute Gasteiger partial charge is 0.253 e. The first-order chi connectivity index (χ1) is 10.6. The van der Waals surface area contributed by atoms with E-state index < -0.39 is 9.84 Å². The standard InChI is InChI=1S/C15H21N3O3S/c19-15(18-7-5-16-6-8-18)13-1-3-14(4-2-13)17-9-11-22(20,21)12-10-17/h1-4,16H,5-12H2. The second kappa shape index (κ2) is 6.26. The minimum Gasteiger partial charge on any atom is -0.369 e. The molecule has 2 heterocycles. The summed E-state index contributed by atoms with van der Waals surface area (Å²) in [5.41, 5.74) is 1.67. The number of piperazine rings is 1. The van der Waals surface area contributed by atoms with Gasteiger partial charge in [0.15, 0.2) is 9.84 Å². The van der Waals surface area contributed by atoms with Crippen LogP contribution in [-0.2, 0) is 9.84 Å². The molecular weight excluding hydrogens is 302 g/mol. The third-order valence-electron chi connectivity index (χ3n) is 4.23. The number of carbonyl (C=O) groups is 1. The number of anilines is 1. The zero-order chi connectivity index (χ0) is 15.6. The van der Waals surface area contributed by atoms with Crippen molar-refractivity contribution < 1.29 is 13.2 Å². The van der Waals surface area contributed by atoms with E-state index >= 15 is 0 Å². The quantitative estimate of drug-likeness (QED) is 0.827. The van der Waals surface area contributed by atoms with Crippen LogP contribution in [0.15, 0.2) is 24.3 Å². The van der Waals surface area contributed by atoms with Crippen LogP contribution in [0.4, 0.5) is 5.69 Å². The van der Waals surface area contributed by atoms with Crippen molar-refractivity contribution in [2.45, 2.75) is 0 Å². The molecule has 0 aromatic heterocycles. The highest BCUT2D eigenvalue weighted by molar-refractivity contribution is 7.91. The van der Waals surface area contributed by atoms with Crippen LogP contribution in [0.2, 0.25) is 0 Å². The monoisotopic (exact) mass is 323 g/mol. The van der Waals surface area contributed by atoms with E-state index in [1.807, 2.05) is 29.2 Å². The highest BCUT2D eigenvalue weighted by atomic mass is 32.2. The molecule has 0 saturated carbocycles. The Morgan fingerprint density at radius 2 is 1.55 bits per heavy atom. The van der Waals surface area contributed by atoms with Crippen molar-refractivity contribution in [2.75, 3.05) is 55.7 Å². The van der Waals surface area contributed by atoms with Gasteiger partial charge in [-0.2, -0.15) is 0 Å². The summed E-state index contributed by atoms with van der Waals surface area (Å²) < 4.78 is 22.9. The van der Waals surface area contributed by atoms with E-state index in [4.69, 9.17) is 0 Å². The molecule has 3 rings (SSSR count). The number of sulfone groups is 1. The van der Waals surface area contributed by atoms with Crippen LogP contribution in [0.25, 0.3) is 0 Å². The van der Waals surface area contributed by atoms with Gasteiger partial charge in [-0.05, 0) is 24.3 Å². The molecule has 0 unspecified atom stereocenters. The second-order valence-electron chi connectivity index (χ2n) is 5.73. The lowest BCUT2D eigenvalue weighted by molar-refractivity contribution is 0.0736. The number of nitrogens with one attached hydrogen (secondary N) is 1. The predicted octanol–water partition coefficient (Wildman–Crippen LogP) is -0.0332. The maximum Gasteiger partial charge on any atom is 0.253 e. The number of hydrogen-bond acceptors (Lipinski definition) is 5. The summed E-state index contributed by atoms with van der Waals surface area (Å²) in [5, 5.41) is 3.23. The molecule has 2 saturated heterocycles. The topological polar surface area (TPSA) is 69.7 Å². The van der Waals surface area contributed by atoms with Gasteiger partial charge in [0.25, 0.3) is 5.91 Å². The van der Waals surface area contributed by atoms with Crippen molar-refractivity contribution in [1.82, 2.24) is 10.2 Å². The van der Waals surface area contributed by atoms with Crippen molar-refractivity contribution in [3.8, 4) is 0 Å². The highest BCUT2D eigenvalue weighted by Gasteiger charge is 2.22. The van der Waals surface area contributed by atoms with Crippen LogP contribution < -0.4 is 10.2 Å². The fraction of sp³-hybridized carbons (Fsp3) is 0.533. The zero-order valence-electron chi connectivity index (χ0n) is 12.5. The number of nitrogens with zero attached hydrogens (tertiary/aromatic N) is 2. The summed E-state index contributed by atoms with van der Waals surface area (Å²) in [6.07, 6.45) is 0. The Morgan fingerprint density at radius 1 is 0.955 bits per heavy atom. The van der Waals surface area contributed by atoms with Crippen molar-refractivity contribution in [2.24, 2.45) is 0 Å². The third kappa shape index (κ3) is 3.41. The highest BCUT2D eigenvalue weighted by Crippen LogP contribution is 2.19. The van der Waals surface area contributed by atoms with Crippen LogP contribution in [-0.4, -0.2) is 70.0 Å². The fourth-order valence-electron chi connectivity index (χ4n) is 2.84. The summed E-state index contributed by atoms with van der Waals surface area (Å²) in [5.74, 6) is 0.470. The Labute approximate surface area is 131 Å². The summed E-state index contributed by atoms with van der Waals surface area (Å²) in [4.78, 5) is 16.3. The SMILES string of the molecule is O=C(c1ccc(N2CCS(=O)(=O)CC2)cc1)N1CCNCC1. The molecule has 1 amide bonds. The van der Waals surface area contributed by atoms with Gasteiger partial charge in [0.05, 0.1) is 11.5 Å². The number of hydrogen-bond donors (Lipinski definition) is 1. The number of amides is 1. The van der Waals surface area contributed by atoms with E-state index in [9.17, 15) is 13.2 Å². The zero-order valence-corrected chi connectivity index (χ0v) is 13.3. The Bertz CT molecular complexity index is 623. The van der Waals surface area contributed by atoms with Gasteiger partial charge in [-0.15, -0.1) is 0 Å². The van der Waals surface area contributed by atoms with E-state index in [0.29, 0.717) is 18.7 Å². The first kappa shape index (κ1) is 15.3. The largest absolute Gasteiger partial charge is 0.369 e. The molecule has 22 heavy (non-hydrogen) atoms. The molecule has 7 heteroatoms. The van der Waals surface area contributed by atoms with Crippen LogP contribution in [0, 0.1) is 0 Å². The number of carbonyl (C=O) groups excluding carboxylic acids is 1. The van der Waals surface area contributed by atoms with Crippen LogP contribution in [0.1, 0.15) is 10.4 Å². The van der Waals surface area contributed by atoms with E-state index in [-0.39, 0.29) is 17.4 Å². The predicted molar refractivity (Wildman–Crippen MR) is 86.1 cm³/mol. The van der Waals surface area contributed by atoms with Crippen molar-refractivity contribution in [1.29, 1.82) is 0 Å². The fourth-order valence-corrected chi connectivity index (χ4v) is 4.04. The molecule has 2 aliphatic rings. The maximum absolute atomic E-state index is 12.4. The third-order valence-corrected chi connectivity index (χ3v) is 5.84. The lowest BCUT2D eigenvalue weighted by Gasteiger charge is -2.29. The molecule has 0 radical (unpaired) electrons. The van der Waals surface area contributed by atoms with Gasteiger partial charge in [0.1, 0.15) is 0 Å². The van der Waals surface area contributed by atoms with Gasteiger partial charge in [0.2, 0.25) is 0 Å². The normalized spacial score (nSPS) is 21.6. The molecule has 2 aliphatic heterocycles. The van der Waals surface area contributed by atoms with Gasteiger partial charge in [-0.3, -0.25) is 4.79 Å². The van der Waals surface area contributed by atoms with Crippen LogP contribution >= 0.6 is 0 Å². The minimum absolute atomic E-state index is 0.0641.